The molecule has 110 valence electrons. The molecule has 0 atom stereocenters. The largest absolute Gasteiger partial charge is 0.341 e. The number of halogens is 2. The number of benzene rings is 1. The molecule has 0 aliphatic carbocycles. The maximum Gasteiger partial charge on any atom is 0.321 e. The zero-order valence-corrected chi connectivity index (χ0v) is 12.2. The van der Waals surface area contributed by atoms with Gasteiger partial charge in [-0.1, -0.05) is 23.2 Å². The summed E-state index contributed by atoms with van der Waals surface area (Å²) in [5.74, 6) is -2.12. The molecule has 1 aromatic carbocycles. The molecule has 0 aromatic heterocycles. The molecule has 0 radical (unpaired) electrons. The minimum absolute atomic E-state index is 0.0714. The molecule has 0 saturated carbocycles. The fourth-order valence-corrected chi connectivity index (χ4v) is 2.13. The van der Waals surface area contributed by atoms with Gasteiger partial charge < -0.3 is 5.32 Å². The summed E-state index contributed by atoms with van der Waals surface area (Å²) in [4.78, 5) is 47.5. The normalized spacial score (nSPS) is 13.2. The Morgan fingerprint density at radius 2 is 1.57 bits per heavy atom. The molecule has 1 aliphatic heterocycles. The summed E-state index contributed by atoms with van der Waals surface area (Å²) in [6.45, 7) is -0.574. The van der Waals surface area contributed by atoms with Crippen LogP contribution in [0.4, 0.5) is 4.79 Å². The highest BCUT2D eigenvalue weighted by atomic mass is 35.5. The Labute approximate surface area is 129 Å². The Morgan fingerprint density at radius 3 is 2.00 bits per heavy atom. The minimum atomic E-state index is -0.791. The summed E-state index contributed by atoms with van der Waals surface area (Å²) in [5, 5.41) is 4.41. The molecule has 0 fully saturated rings. The molecule has 5 amide bonds. The fraction of sp³-hybridized carbons (Fsp3) is 0.167. The smallest absolute Gasteiger partial charge is 0.321 e. The molecule has 1 aliphatic rings. The molecular weight excluding hydrogens is 321 g/mol. The van der Waals surface area contributed by atoms with Gasteiger partial charge in [0.25, 0.3) is 11.8 Å². The van der Waals surface area contributed by atoms with Gasteiger partial charge >= 0.3 is 6.03 Å². The highest BCUT2D eigenvalue weighted by Gasteiger charge is 2.37. The molecule has 0 unspecified atom stereocenters. The Kier molecular flexibility index (Phi) is 4.15. The highest BCUT2D eigenvalue weighted by Crippen LogP contribution is 2.31. The topological polar surface area (TPSA) is 95.6 Å². The number of carbonyl (C=O) groups excluding carboxylic acids is 4. The minimum Gasteiger partial charge on any atom is -0.341 e. The third-order valence-corrected chi connectivity index (χ3v) is 3.52. The zero-order chi connectivity index (χ0) is 15.7. The quantitative estimate of drug-likeness (QED) is 0.792. The number of fused-ring (bicyclic) bond motifs is 1. The number of amides is 5. The van der Waals surface area contributed by atoms with Crippen molar-refractivity contribution in [2.24, 2.45) is 0 Å². The lowest BCUT2D eigenvalue weighted by atomic mass is 10.1. The number of nitrogens with one attached hydrogen (secondary N) is 2. The first-order valence-electron chi connectivity index (χ1n) is 5.72. The maximum atomic E-state index is 12.1. The van der Waals surface area contributed by atoms with Crippen molar-refractivity contribution in [3.8, 4) is 0 Å². The average molecular weight is 330 g/mol. The summed E-state index contributed by atoms with van der Waals surface area (Å²) in [6, 6.07) is 1.81. The van der Waals surface area contributed by atoms with E-state index in [0.717, 1.165) is 4.90 Å². The predicted molar refractivity (Wildman–Crippen MR) is 74.4 cm³/mol. The Bertz CT molecular complexity index is 634. The maximum absolute atomic E-state index is 12.1. The van der Waals surface area contributed by atoms with E-state index in [1.54, 1.807) is 0 Å². The predicted octanol–water partition coefficient (Wildman–Crippen LogP) is 1.05. The van der Waals surface area contributed by atoms with E-state index < -0.39 is 30.3 Å². The molecule has 1 heterocycles. The summed E-state index contributed by atoms with van der Waals surface area (Å²) < 4.78 is 0. The van der Waals surface area contributed by atoms with Crippen LogP contribution >= 0.6 is 23.2 Å². The van der Waals surface area contributed by atoms with Crippen molar-refractivity contribution in [1.29, 1.82) is 0 Å². The number of carbonyl (C=O) groups is 4. The number of rotatable bonds is 2. The van der Waals surface area contributed by atoms with Crippen molar-refractivity contribution in [2.45, 2.75) is 0 Å². The lowest BCUT2D eigenvalue weighted by Crippen LogP contribution is -2.45. The van der Waals surface area contributed by atoms with Gasteiger partial charge in [0.15, 0.2) is 0 Å². The first kappa shape index (κ1) is 15.3. The van der Waals surface area contributed by atoms with Crippen LogP contribution in [-0.2, 0) is 4.79 Å². The van der Waals surface area contributed by atoms with Crippen LogP contribution in [-0.4, -0.2) is 42.2 Å². The molecular formula is C12H9Cl2N3O4. The van der Waals surface area contributed by atoms with Crippen molar-refractivity contribution < 1.29 is 19.2 Å². The summed E-state index contributed by atoms with van der Waals surface area (Å²) in [6.07, 6.45) is 0. The Hall–Kier alpha value is -2.12. The average Bonchev–Trinajstić information content (AvgIpc) is 2.65. The van der Waals surface area contributed by atoms with Gasteiger partial charge in [-0.05, 0) is 12.1 Å². The molecule has 2 N–H and O–H groups in total. The van der Waals surface area contributed by atoms with Crippen LogP contribution < -0.4 is 10.6 Å². The Balaban J connectivity index is 2.22. The van der Waals surface area contributed by atoms with Crippen LogP contribution in [0.15, 0.2) is 12.1 Å². The van der Waals surface area contributed by atoms with E-state index in [9.17, 15) is 19.2 Å². The summed E-state index contributed by atoms with van der Waals surface area (Å²) in [7, 11) is 1.33. The lowest BCUT2D eigenvalue weighted by Gasteiger charge is -2.12. The highest BCUT2D eigenvalue weighted by molar-refractivity contribution is 6.43. The standard InChI is InChI=1S/C12H9Cl2N3O4/c1-15-12(21)16-9(18)4-17-10(19)5-2-7(13)8(14)3-6(5)11(17)20/h2-3H,4H2,1H3,(H2,15,16,18,21). The van der Waals surface area contributed by atoms with Crippen LogP contribution in [0.3, 0.4) is 0 Å². The molecule has 2 rings (SSSR count). The van der Waals surface area contributed by atoms with E-state index in [2.05, 4.69) is 5.32 Å². The van der Waals surface area contributed by atoms with Gasteiger partial charge in [-0.15, -0.1) is 0 Å². The monoisotopic (exact) mass is 329 g/mol. The van der Waals surface area contributed by atoms with Crippen molar-refractivity contribution in [3.63, 3.8) is 0 Å². The molecule has 21 heavy (non-hydrogen) atoms. The molecule has 0 saturated heterocycles. The third kappa shape index (κ3) is 2.84. The Morgan fingerprint density at radius 1 is 1.10 bits per heavy atom. The number of nitrogens with zero attached hydrogens (tertiary/aromatic N) is 1. The van der Waals surface area contributed by atoms with Gasteiger partial charge in [0, 0.05) is 7.05 Å². The number of urea groups is 1. The van der Waals surface area contributed by atoms with E-state index in [1.807, 2.05) is 5.32 Å². The summed E-state index contributed by atoms with van der Waals surface area (Å²) >= 11 is 11.6. The second-order valence-electron chi connectivity index (χ2n) is 4.14. The second kappa shape index (κ2) is 5.71. The van der Waals surface area contributed by atoms with Crippen LogP contribution in [0.5, 0.6) is 0 Å². The van der Waals surface area contributed by atoms with Gasteiger partial charge in [0.2, 0.25) is 5.91 Å². The third-order valence-electron chi connectivity index (χ3n) is 2.79. The van der Waals surface area contributed by atoms with Crippen LogP contribution in [0.25, 0.3) is 0 Å². The van der Waals surface area contributed by atoms with Crippen molar-refractivity contribution >= 4 is 47.0 Å². The second-order valence-corrected chi connectivity index (χ2v) is 4.95. The van der Waals surface area contributed by atoms with Crippen LogP contribution in [0, 0.1) is 0 Å². The van der Waals surface area contributed by atoms with Crippen LogP contribution in [0.2, 0.25) is 10.0 Å². The van der Waals surface area contributed by atoms with E-state index in [1.165, 1.54) is 19.2 Å². The van der Waals surface area contributed by atoms with Crippen molar-refractivity contribution in [1.82, 2.24) is 15.5 Å². The van der Waals surface area contributed by atoms with Gasteiger partial charge in [-0.2, -0.15) is 0 Å². The molecule has 0 bridgehead atoms. The zero-order valence-electron chi connectivity index (χ0n) is 10.7. The first-order valence-corrected chi connectivity index (χ1v) is 6.47. The first-order chi connectivity index (χ1) is 9.85. The van der Waals surface area contributed by atoms with Crippen LogP contribution in [0.1, 0.15) is 20.7 Å². The summed E-state index contributed by atoms with van der Waals surface area (Å²) in [5.41, 5.74) is 0.143. The van der Waals surface area contributed by atoms with E-state index >= 15 is 0 Å². The van der Waals surface area contributed by atoms with Gasteiger partial charge in [0.05, 0.1) is 21.2 Å². The number of imide groups is 2. The number of hydrogen-bond donors (Lipinski definition) is 2. The van der Waals surface area contributed by atoms with E-state index in [-0.39, 0.29) is 21.2 Å². The number of hydrogen-bond acceptors (Lipinski definition) is 4. The van der Waals surface area contributed by atoms with E-state index in [4.69, 9.17) is 23.2 Å². The van der Waals surface area contributed by atoms with Gasteiger partial charge in [0.1, 0.15) is 6.54 Å². The molecule has 1 aromatic rings. The molecule has 7 nitrogen and oxygen atoms in total. The van der Waals surface area contributed by atoms with Crippen molar-refractivity contribution in [3.05, 3.63) is 33.3 Å². The van der Waals surface area contributed by atoms with E-state index in [0.29, 0.717) is 0 Å². The lowest BCUT2D eigenvalue weighted by molar-refractivity contribution is -0.120. The molecule has 0 spiro atoms. The van der Waals surface area contributed by atoms with Crippen molar-refractivity contribution in [2.75, 3.05) is 13.6 Å². The van der Waals surface area contributed by atoms with Gasteiger partial charge in [-0.3, -0.25) is 24.6 Å². The SMILES string of the molecule is CNC(=O)NC(=O)CN1C(=O)c2cc(Cl)c(Cl)cc2C1=O. The fourth-order valence-electron chi connectivity index (χ4n) is 1.80. The van der Waals surface area contributed by atoms with Gasteiger partial charge in [-0.25, -0.2) is 4.79 Å². The molecule has 9 heteroatoms.